The number of carbonyl (C=O) groups excluding carboxylic acids is 2. The SMILES string of the molecule is CCCNC(=O)[C@H](Cc1ccccc1)N(Cc1c(Cl)cccc1Cl)C(=O)CN(c1ccc2c(c1)OCO2)S(=O)(=O)CC. The van der Waals surface area contributed by atoms with Crippen LogP contribution in [0.4, 0.5) is 5.69 Å². The summed E-state index contributed by atoms with van der Waals surface area (Å²) in [5.41, 5.74) is 1.51. The van der Waals surface area contributed by atoms with E-state index in [0.717, 1.165) is 9.87 Å². The first-order valence-corrected chi connectivity index (χ1v) is 15.9. The van der Waals surface area contributed by atoms with Crippen molar-refractivity contribution in [3.63, 3.8) is 0 Å². The third-order valence-corrected chi connectivity index (χ3v) is 9.28. The normalized spacial score (nSPS) is 13.0. The van der Waals surface area contributed by atoms with Gasteiger partial charge in [0.1, 0.15) is 12.6 Å². The highest BCUT2D eigenvalue weighted by Gasteiger charge is 2.34. The summed E-state index contributed by atoms with van der Waals surface area (Å²) in [6, 6.07) is 18.0. The lowest BCUT2D eigenvalue weighted by atomic mass is 10.0. The Kier molecular flexibility index (Phi) is 10.6. The Hall–Kier alpha value is -3.47. The number of anilines is 1. The maximum atomic E-state index is 14.3. The smallest absolute Gasteiger partial charge is 0.244 e. The minimum atomic E-state index is -3.93. The molecule has 3 aromatic carbocycles. The summed E-state index contributed by atoms with van der Waals surface area (Å²) in [7, 11) is -3.93. The predicted octanol–water partition coefficient (Wildman–Crippen LogP) is 5.04. The number of benzene rings is 3. The second-order valence-corrected chi connectivity index (χ2v) is 12.7. The second-order valence-electron chi connectivity index (χ2n) is 9.66. The first-order chi connectivity index (χ1) is 20.1. The lowest BCUT2D eigenvalue weighted by Gasteiger charge is -2.34. The fourth-order valence-corrected chi connectivity index (χ4v) is 6.10. The minimum absolute atomic E-state index is 0.0126. The zero-order valence-corrected chi connectivity index (χ0v) is 25.7. The number of ether oxygens (including phenoxy) is 2. The van der Waals surface area contributed by atoms with Gasteiger partial charge in [-0.1, -0.05) is 66.5 Å². The zero-order valence-electron chi connectivity index (χ0n) is 23.4. The highest BCUT2D eigenvalue weighted by molar-refractivity contribution is 7.92. The van der Waals surface area contributed by atoms with Gasteiger partial charge in [-0.15, -0.1) is 0 Å². The highest BCUT2D eigenvalue weighted by atomic mass is 35.5. The molecular weight excluding hydrogens is 601 g/mol. The molecule has 9 nitrogen and oxygen atoms in total. The molecule has 0 bridgehead atoms. The van der Waals surface area contributed by atoms with Gasteiger partial charge >= 0.3 is 0 Å². The van der Waals surface area contributed by atoms with Crippen LogP contribution < -0.4 is 19.1 Å². The molecule has 0 radical (unpaired) electrons. The Morgan fingerprint density at radius 2 is 1.64 bits per heavy atom. The molecule has 0 saturated carbocycles. The summed E-state index contributed by atoms with van der Waals surface area (Å²) in [5.74, 6) is -0.380. The van der Waals surface area contributed by atoms with Crippen molar-refractivity contribution in [1.82, 2.24) is 10.2 Å². The molecular formula is C30H33Cl2N3O6S. The van der Waals surface area contributed by atoms with Gasteiger partial charge in [0.2, 0.25) is 28.6 Å². The molecule has 0 spiro atoms. The zero-order chi connectivity index (χ0) is 30.3. The maximum absolute atomic E-state index is 14.3. The van der Waals surface area contributed by atoms with Crippen LogP contribution in [0.3, 0.4) is 0 Å². The Labute approximate surface area is 256 Å². The van der Waals surface area contributed by atoms with E-state index in [4.69, 9.17) is 32.7 Å². The number of hydrogen-bond acceptors (Lipinski definition) is 6. The largest absolute Gasteiger partial charge is 0.454 e. The molecule has 4 rings (SSSR count). The van der Waals surface area contributed by atoms with Crippen molar-refractivity contribution in [2.24, 2.45) is 0 Å². The Morgan fingerprint density at radius 3 is 2.31 bits per heavy atom. The summed E-state index contributed by atoms with van der Waals surface area (Å²) >= 11 is 13.0. The molecule has 1 heterocycles. The molecule has 0 fully saturated rings. The van der Waals surface area contributed by atoms with Crippen molar-refractivity contribution in [1.29, 1.82) is 0 Å². The standard InChI is InChI=1S/C30H33Cl2N3O6S/c1-3-15-33-30(37)26(16-21-9-6-5-7-10-21)34(18-23-24(31)11-8-12-25(23)32)29(36)19-35(42(38,39)4-2)22-13-14-27-28(17-22)41-20-40-27/h5-14,17,26H,3-4,15-16,18-20H2,1-2H3,(H,33,37)/t26-/m0/s1. The van der Waals surface area contributed by atoms with E-state index in [1.807, 2.05) is 37.3 Å². The van der Waals surface area contributed by atoms with E-state index in [9.17, 15) is 18.0 Å². The number of nitrogens with one attached hydrogen (secondary N) is 1. The van der Waals surface area contributed by atoms with Crippen LogP contribution in [0.5, 0.6) is 11.5 Å². The van der Waals surface area contributed by atoms with Crippen LogP contribution in [0, 0.1) is 0 Å². The summed E-state index contributed by atoms with van der Waals surface area (Å²) in [5, 5.41) is 3.54. The van der Waals surface area contributed by atoms with Crippen LogP contribution in [0.25, 0.3) is 0 Å². The lowest BCUT2D eigenvalue weighted by Crippen LogP contribution is -2.53. The van der Waals surface area contributed by atoms with Crippen molar-refractivity contribution in [3.8, 4) is 11.5 Å². The van der Waals surface area contributed by atoms with E-state index in [2.05, 4.69) is 5.32 Å². The second kappa shape index (κ2) is 14.1. The van der Waals surface area contributed by atoms with Crippen LogP contribution in [0.15, 0.2) is 66.7 Å². The molecule has 0 unspecified atom stereocenters. The number of nitrogens with zero attached hydrogens (tertiary/aromatic N) is 2. The molecule has 1 atom stereocenters. The molecule has 1 N–H and O–H groups in total. The molecule has 12 heteroatoms. The van der Waals surface area contributed by atoms with E-state index in [-0.39, 0.29) is 37.1 Å². The van der Waals surface area contributed by atoms with Crippen molar-refractivity contribution < 1.29 is 27.5 Å². The lowest BCUT2D eigenvalue weighted by molar-refractivity contribution is -0.140. The molecule has 3 aromatic rings. The average molecular weight is 635 g/mol. The van der Waals surface area contributed by atoms with Crippen molar-refractivity contribution in [3.05, 3.63) is 87.9 Å². The summed E-state index contributed by atoms with van der Waals surface area (Å²) in [4.78, 5) is 29.2. The van der Waals surface area contributed by atoms with E-state index in [0.29, 0.717) is 40.1 Å². The highest BCUT2D eigenvalue weighted by Crippen LogP contribution is 2.36. The molecule has 0 aliphatic carbocycles. The maximum Gasteiger partial charge on any atom is 0.244 e. The quantitative estimate of drug-likeness (QED) is 0.283. The first kappa shape index (κ1) is 31.5. The number of rotatable bonds is 13. The van der Waals surface area contributed by atoms with Crippen LogP contribution in [-0.2, 0) is 32.6 Å². The molecule has 0 aromatic heterocycles. The van der Waals surface area contributed by atoms with Crippen molar-refractivity contribution >= 4 is 50.7 Å². The number of halogens is 2. The average Bonchev–Trinajstić information content (AvgIpc) is 3.46. The summed E-state index contributed by atoms with van der Waals surface area (Å²) in [6.07, 6.45) is 0.884. The Morgan fingerprint density at radius 1 is 0.952 bits per heavy atom. The van der Waals surface area contributed by atoms with Crippen molar-refractivity contribution in [2.45, 2.75) is 39.3 Å². The third-order valence-electron chi connectivity index (χ3n) is 6.83. The number of sulfonamides is 1. The topological polar surface area (TPSA) is 105 Å². The van der Waals surface area contributed by atoms with Crippen LogP contribution in [0.1, 0.15) is 31.4 Å². The summed E-state index contributed by atoms with van der Waals surface area (Å²) < 4.78 is 38.5. The van der Waals surface area contributed by atoms with Gasteiger partial charge in [-0.25, -0.2) is 8.42 Å². The number of fused-ring (bicyclic) bond motifs is 1. The van der Waals surface area contributed by atoms with Crippen LogP contribution in [-0.4, -0.2) is 56.8 Å². The first-order valence-electron chi connectivity index (χ1n) is 13.6. The summed E-state index contributed by atoms with van der Waals surface area (Å²) in [6.45, 7) is 3.17. The minimum Gasteiger partial charge on any atom is -0.454 e. The van der Waals surface area contributed by atoms with Gasteiger partial charge in [0, 0.05) is 41.2 Å². The fraction of sp³-hybridized carbons (Fsp3) is 0.333. The number of carbonyl (C=O) groups is 2. The van der Waals surface area contributed by atoms with E-state index in [1.54, 1.807) is 30.3 Å². The molecule has 1 aliphatic heterocycles. The van der Waals surface area contributed by atoms with Crippen molar-refractivity contribution in [2.75, 3.05) is 29.9 Å². The molecule has 1 aliphatic rings. The van der Waals surface area contributed by atoms with E-state index < -0.39 is 28.5 Å². The van der Waals surface area contributed by atoms with Gasteiger partial charge in [0.05, 0.1) is 11.4 Å². The number of hydrogen-bond donors (Lipinski definition) is 1. The monoisotopic (exact) mass is 633 g/mol. The predicted molar refractivity (Wildman–Crippen MR) is 164 cm³/mol. The Bertz CT molecular complexity index is 1500. The third kappa shape index (κ3) is 7.48. The van der Waals surface area contributed by atoms with E-state index in [1.165, 1.54) is 17.9 Å². The van der Waals surface area contributed by atoms with Gasteiger partial charge in [-0.3, -0.25) is 13.9 Å². The van der Waals surface area contributed by atoms with Gasteiger partial charge in [-0.2, -0.15) is 0 Å². The van der Waals surface area contributed by atoms with Gasteiger partial charge in [-0.05, 0) is 43.2 Å². The Balaban J connectivity index is 1.77. The van der Waals surface area contributed by atoms with Gasteiger partial charge < -0.3 is 19.7 Å². The van der Waals surface area contributed by atoms with E-state index >= 15 is 0 Å². The fourth-order valence-electron chi connectivity index (χ4n) is 4.53. The molecule has 2 amide bonds. The molecule has 42 heavy (non-hydrogen) atoms. The van der Waals surface area contributed by atoms with Crippen LogP contribution >= 0.6 is 23.2 Å². The number of amides is 2. The van der Waals surface area contributed by atoms with Gasteiger partial charge in [0.15, 0.2) is 11.5 Å². The molecule has 0 saturated heterocycles. The van der Waals surface area contributed by atoms with Crippen LogP contribution in [0.2, 0.25) is 10.0 Å². The molecule has 224 valence electrons. The van der Waals surface area contributed by atoms with Gasteiger partial charge in [0.25, 0.3) is 0 Å².